The molecule has 6 heteroatoms. The Labute approximate surface area is 140 Å². The van der Waals surface area contributed by atoms with Crippen LogP contribution in [0, 0.1) is 0 Å². The first kappa shape index (κ1) is 18.0. The highest BCUT2D eigenvalue weighted by Crippen LogP contribution is 2.26. The Morgan fingerprint density at radius 1 is 1.26 bits per heavy atom. The van der Waals surface area contributed by atoms with Crippen molar-refractivity contribution in [1.29, 1.82) is 0 Å². The van der Waals surface area contributed by atoms with Crippen molar-refractivity contribution in [3.05, 3.63) is 42.5 Å². The van der Waals surface area contributed by atoms with Gasteiger partial charge in [0.25, 0.3) is 0 Å². The maximum absolute atomic E-state index is 11.9. The zero-order valence-corrected chi connectivity index (χ0v) is 14.8. The highest BCUT2D eigenvalue weighted by Gasteiger charge is 2.24. The van der Waals surface area contributed by atoms with Gasteiger partial charge in [0.1, 0.15) is 0 Å². The molecule has 0 radical (unpaired) electrons. The summed E-state index contributed by atoms with van der Waals surface area (Å²) < 4.78 is 26.6. The van der Waals surface area contributed by atoms with Crippen molar-refractivity contribution in [3.63, 3.8) is 0 Å². The summed E-state index contributed by atoms with van der Waals surface area (Å²) >= 11 is 0. The van der Waals surface area contributed by atoms with Crippen molar-refractivity contribution in [3.8, 4) is 0 Å². The van der Waals surface area contributed by atoms with Gasteiger partial charge in [-0.15, -0.1) is 6.58 Å². The van der Waals surface area contributed by atoms with Crippen LogP contribution in [0.4, 0.5) is 5.69 Å². The molecule has 1 fully saturated rings. The molecule has 0 spiro atoms. The molecule has 0 amide bonds. The summed E-state index contributed by atoms with van der Waals surface area (Å²) in [6.07, 6.45) is 3.76. The topological polar surface area (TPSA) is 52.7 Å². The molecule has 5 nitrogen and oxygen atoms in total. The van der Waals surface area contributed by atoms with Gasteiger partial charge in [0.05, 0.1) is 5.75 Å². The van der Waals surface area contributed by atoms with E-state index in [9.17, 15) is 8.42 Å². The number of sulfonamides is 1. The molecule has 128 valence electrons. The van der Waals surface area contributed by atoms with Crippen LogP contribution < -0.4 is 9.62 Å². The predicted octanol–water partition coefficient (Wildman–Crippen LogP) is 1.99. The molecule has 1 aliphatic heterocycles. The van der Waals surface area contributed by atoms with E-state index in [1.54, 1.807) is 0 Å². The Kier molecular flexibility index (Phi) is 6.21. The first-order valence-corrected chi connectivity index (χ1v) is 9.68. The van der Waals surface area contributed by atoms with Gasteiger partial charge in [-0.05, 0) is 43.6 Å². The van der Waals surface area contributed by atoms with Crippen LogP contribution in [-0.4, -0.2) is 52.8 Å². The van der Waals surface area contributed by atoms with E-state index in [2.05, 4.69) is 45.4 Å². The number of benzene rings is 1. The molecule has 1 aromatic carbocycles. The van der Waals surface area contributed by atoms with Crippen LogP contribution in [0.1, 0.15) is 24.4 Å². The highest BCUT2D eigenvalue weighted by atomic mass is 32.2. The van der Waals surface area contributed by atoms with Gasteiger partial charge in [-0.3, -0.25) is 4.90 Å². The third-order valence-corrected chi connectivity index (χ3v) is 5.49. The van der Waals surface area contributed by atoms with Crippen molar-refractivity contribution < 1.29 is 8.42 Å². The first-order chi connectivity index (χ1) is 10.9. The van der Waals surface area contributed by atoms with Crippen LogP contribution in [0.2, 0.25) is 0 Å². The molecule has 1 saturated heterocycles. The lowest BCUT2D eigenvalue weighted by molar-refractivity contribution is 0.246. The molecule has 1 atom stereocenters. The number of likely N-dealkylation sites (tertiary alicyclic amines) is 1. The Morgan fingerprint density at radius 3 is 2.39 bits per heavy atom. The Hall–Kier alpha value is -1.37. The average molecular weight is 337 g/mol. The largest absolute Gasteiger partial charge is 0.378 e. The van der Waals surface area contributed by atoms with Gasteiger partial charge in [-0.25, -0.2) is 13.1 Å². The highest BCUT2D eigenvalue weighted by molar-refractivity contribution is 7.89. The Bertz CT molecular complexity index is 605. The number of rotatable bonds is 8. The van der Waals surface area contributed by atoms with E-state index in [1.807, 2.05) is 14.1 Å². The summed E-state index contributed by atoms with van der Waals surface area (Å²) in [5.74, 6) is -0.0424. The van der Waals surface area contributed by atoms with Crippen LogP contribution >= 0.6 is 0 Å². The van der Waals surface area contributed by atoms with Crippen LogP contribution in [0.5, 0.6) is 0 Å². The molecule has 0 saturated carbocycles. The summed E-state index contributed by atoms with van der Waals surface area (Å²) in [7, 11) is 0.732. The third kappa shape index (κ3) is 5.06. The zero-order chi connectivity index (χ0) is 16.9. The van der Waals surface area contributed by atoms with Gasteiger partial charge in [-0.2, -0.15) is 0 Å². The molecule has 2 rings (SSSR count). The predicted molar refractivity (Wildman–Crippen MR) is 96.3 cm³/mol. The van der Waals surface area contributed by atoms with Crippen molar-refractivity contribution >= 4 is 15.7 Å². The molecule has 0 bridgehead atoms. The molecule has 1 heterocycles. The summed E-state index contributed by atoms with van der Waals surface area (Å²) in [4.78, 5) is 4.42. The summed E-state index contributed by atoms with van der Waals surface area (Å²) in [6.45, 7) is 5.94. The van der Waals surface area contributed by atoms with Crippen molar-refractivity contribution in [2.24, 2.45) is 0 Å². The molecule has 1 aliphatic rings. The van der Waals surface area contributed by atoms with E-state index in [4.69, 9.17) is 0 Å². The SMILES string of the molecule is C=CCS(=O)(=O)NC[C@H](c1ccc(N(C)C)cc1)N1CCCC1. The van der Waals surface area contributed by atoms with Gasteiger partial charge >= 0.3 is 0 Å². The van der Waals surface area contributed by atoms with Crippen molar-refractivity contribution in [2.45, 2.75) is 18.9 Å². The standard InChI is InChI=1S/C17H27N3O2S/c1-4-13-23(21,22)18-14-17(20-11-5-6-12-20)15-7-9-16(10-8-15)19(2)3/h4,7-10,17-18H,1,5-6,11-14H2,2-3H3/t17-/m1/s1. The maximum Gasteiger partial charge on any atom is 0.215 e. The minimum absolute atomic E-state index is 0.0424. The molecular formula is C17H27N3O2S. The van der Waals surface area contributed by atoms with Gasteiger partial charge in [0.2, 0.25) is 10.0 Å². The van der Waals surface area contributed by atoms with Crippen molar-refractivity contribution in [2.75, 3.05) is 44.4 Å². The Morgan fingerprint density at radius 2 is 1.87 bits per heavy atom. The van der Waals surface area contributed by atoms with E-state index in [1.165, 1.54) is 18.9 Å². The van der Waals surface area contributed by atoms with Gasteiger partial charge in [0, 0.05) is 32.4 Å². The molecular weight excluding hydrogens is 310 g/mol. The molecule has 0 aromatic heterocycles. The number of hydrogen-bond donors (Lipinski definition) is 1. The quantitative estimate of drug-likeness (QED) is 0.737. The number of nitrogens with zero attached hydrogens (tertiary/aromatic N) is 2. The summed E-state index contributed by atoms with van der Waals surface area (Å²) in [6, 6.07) is 8.43. The van der Waals surface area contributed by atoms with Crippen LogP contribution in [0.25, 0.3) is 0 Å². The maximum atomic E-state index is 11.9. The fraction of sp³-hybridized carbons (Fsp3) is 0.529. The lowest BCUT2D eigenvalue weighted by Crippen LogP contribution is -2.37. The normalized spacial score (nSPS) is 17.1. The first-order valence-electron chi connectivity index (χ1n) is 8.02. The lowest BCUT2D eigenvalue weighted by Gasteiger charge is -2.28. The lowest BCUT2D eigenvalue weighted by atomic mass is 10.1. The minimum Gasteiger partial charge on any atom is -0.378 e. The second kappa shape index (κ2) is 7.95. The third-order valence-electron chi connectivity index (χ3n) is 4.21. The number of hydrogen-bond acceptors (Lipinski definition) is 4. The molecule has 1 N–H and O–H groups in total. The summed E-state index contributed by atoms with van der Waals surface area (Å²) in [5, 5.41) is 0. The van der Waals surface area contributed by atoms with E-state index in [-0.39, 0.29) is 11.8 Å². The van der Waals surface area contributed by atoms with E-state index in [0.29, 0.717) is 6.54 Å². The fourth-order valence-electron chi connectivity index (χ4n) is 2.93. The Balaban J connectivity index is 2.15. The second-order valence-electron chi connectivity index (χ2n) is 6.16. The molecule has 1 aromatic rings. The second-order valence-corrected chi connectivity index (χ2v) is 8.01. The number of nitrogens with one attached hydrogen (secondary N) is 1. The fourth-order valence-corrected chi connectivity index (χ4v) is 3.77. The minimum atomic E-state index is -3.29. The average Bonchev–Trinajstić information content (AvgIpc) is 3.02. The van der Waals surface area contributed by atoms with E-state index < -0.39 is 10.0 Å². The molecule has 23 heavy (non-hydrogen) atoms. The van der Waals surface area contributed by atoms with E-state index in [0.717, 1.165) is 24.3 Å². The van der Waals surface area contributed by atoms with Crippen LogP contribution in [0.15, 0.2) is 36.9 Å². The van der Waals surface area contributed by atoms with Gasteiger partial charge in [0.15, 0.2) is 0 Å². The van der Waals surface area contributed by atoms with Crippen LogP contribution in [-0.2, 0) is 10.0 Å². The molecule has 0 aliphatic carbocycles. The number of anilines is 1. The monoisotopic (exact) mass is 337 g/mol. The van der Waals surface area contributed by atoms with E-state index >= 15 is 0 Å². The molecule has 0 unspecified atom stereocenters. The van der Waals surface area contributed by atoms with Gasteiger partial charge in [-0.1, -0.05) is 18.2 Å². The zero-order valence-electron chi connectivity index (χ0n) is 14.0. The van der Waals surface area contributed by atoms with Crippen molar-refractivity contribution in [1.82, 2.24) is 9.62 Å². The summed E-state index contributed by atoms with van der Waals surface area (Å²) in [5.41, 5.74) is 2.29. The van der Waals surface area contributed by atoms with Gasteiger partial charge < -0.3 is 4.90 Å². The van der Waals surface area contributed by atoms with Crippen LogP contribution in [0.3, 0.4) is 0 Å². The smallest absolute Gasteiger partial charge is 0.215 e.